The molecule has 0 saturated heterocycles. The zero-order valence-electron chi connectivity index (χ0n) is 15.6. The Morgan fingerprint density at radius 3 is 2.58 bits per heavy atom. The van der Waals surface area contributed by atoms with Crippen molar-refractivity contribution in [3.05, 3.63) is 47.4 Å². The molecule has 3 rings (SSSR count). The minimum atomic E-state index is -3.17. The molecule has 0 bridgehead atoms. The number of ether oxygens (including phenoxy) is 2. The molecule has 13 heteroatoms. The maximum absolute atomic E-state index is 14.4. The highest BCUT2D eigenvalue weighted by atomic mass is 19.3. The highest BCUT2D eigenvalue weighted by molar-refractivity contribution is 5.87. The summed E-state index contributed by atoms with van der Waals surface area (Å²) in [7, 11) is 0. The van der Waals surface area contributed by atoms with Gasteiger partial charge < -0.3 is 20.9 Å². The van der Waals surface area contributed by atoms with Crippen molar-refractivity contribution in [2.24, 2.45) is 10.7 Å². The number of hydrogen-bond acceptors (Lipinski definition) is 7. The SMILES string of the molecule is NC1=NC(c2cc(NC(=O)Oc3ncc(C(F)F)cc3N)ccc2F)(C(F)F)COC1. The number of carbonyl (C=O) groups is 1. The number of alkyl halides is 4. The van der Waals surface area contributed by atoms with Gasteiger partial charge in [-0.1, -0.05) is 0 Å². The first-order valence-electron chi connectivity index (χ1n) is 8.65. The number of amides is 1. The summed E-state index contributed by atoms with van der Waals surface area (Å²) in [6, 6.07) is 3.76. The predicted octanol–water partition coefficient (Wildman–Crippen LogP) is 3.20. The van der Waals surface area contributed by atoms with Crippen LogP contribution < -0.4 is 21.5 Å². The van der Waals surface area contributed by atoms with E-state index in [1.54, 1.807) is 0 Å². The van der Waals surface area contributed by atoms with Crippen LogP contribution in [0.15, 0.2) is 35.5 Å². The number of halogens is 5. The molecule has 2 aromatic rings. The van der Waals surface area contributed by atoms with E-state index in [4.69, 9.17) is 20.9 Å². The fourth-order valence-electron chi connectivity index (χ4n) is 2.86. The number of benzene rings is 1. The molecule has 0 saturated carbocycles. The number of aliphatic imine (C=N–C) groups is 1. The van der Waals surface area contributed by atoms with Crippen LogP contribution >= 0.6 is 0 Å². The van der Waals surface area contributed by atoms with Gasteiger partial charge in [-0.3, -0.25) is 10.3 Å². The lowest BCUT2D eigenvalue weighted by atomic mass is 9.90. The molecule has 0 fully saturated rings. The third kappa shape index (κ3) is 4.66. The zero-order chi connectivity index (χ0) is 22.8. The molecule has 166 valence electrons. The highest BCUT2D eigenvalue weighted by Crippen LogP contribution is 2.38. The van der Waals surface area contributed by atoms with Gasteiger partial charge in [0.2, 0.25) is 5.88 Å². The topological polar surface area (TPSA) is 125 Å². The number of anilines is 2. The average molecular weight is 445 g/mol. The molecule has 2 heterocycles. The van der Waals surface area contributed by atoms with Crippen molar-refractivity contribution in [2.45, 2.75) is 18.4 Å². The van der Waals surface area contributed by atoms with Gasteiger partial charge in [0, 0.05) is 23.0 Å². The number of carbonyl (C=O) groups excluding carboxylic acids is 1. The molecule has 1 unspecified atom stereocenters. The second-order valence-electron chi connectivity index (χ2n) is 6.49. The fourth-order valence-corrected chi connectivity index (χ4v) is 2.86. The van der Waals surface area contributed by atoms with Crippen LogP contribution in [0, 0.1) is 5.82 Å². The molecule has 1 aromatic carbocycles. The second kappa shape index (κ2) is 8.71. The lowest BCUT2D eigenvalue weighted by Crippen LogP contribution is -2.45. The first kappa shape index (κ1) is 22.2. The molecular formula is C18H16F5N5O3. The Hall–Kier alpha value is -3.48. The number of nitrogens with zero attached hydrogens (tertiary/aromatic N) is 2. The smallest absolute Gasteiger partial charge is 0.394 e. The van der Waals surface area contributed by atoms with Crippen LogP contribution in [0.2, 0.25) is 0 Å². The minimum absolute atomic E-state index is 0.122. The molecule has 1 aliphatic heterocycles. The Bertz CT molecular complexity index is 1020. The van der Waals surface area contributed by atoms with E-state index in [9.17, 15) is 26.7 Å². The normalized spacial score (nSPS) is 18.7. The number of hydrogen-bond donors (Lipinski definition) is 3. The van der Waals surface area contributed by atoms with E-state index in [0.717, 1.165) is 30.5 Å². The van der Waals surface area contributed by atoms with E-state index in [0.29, 0.717) is 0 Å². The van der Waals surface area contributed by atoms with Gasteiger partial charge in [0.1, 0.15) is 18.3 Å². The maximum Gasteiger partial charge on any atom is 0.418 e. The lowest BCUT2D eigenvalue weighted by molar-refractivity contribution is -0.0145. The van der Waals surface area contributed by atoms with Crippen molar-refractivity contribution in [1.29, 1.82) is 0 Å². The molecule has 1 aromatic heterocycles. The monoisotopic (exact) mass is 445 g/mol. The Labute approximate surface area is 172 Å². The van der Waals surface area contributed by atoms with Crippen molar-refractivity contribution >= 4 is 23.3 Å². The van der Waals surface area contributed by atoms with Crippen molar-refractivity contribution in [1.82, 2.24) is 4.98 Å². The fraction of sp³-hybridized carbons (Fsp3) is 0.278. The first-order valence-corrected chi connectivity index (χ1v) is 8.65. The number of amidine groups is 1. The van der Waals surface area contributed by atoms with Crippen molar-refractivity contribution in [2.75, 3.05) is 24.3 Å². The van der Waals surface area contributed by atoms with Gasteiger partial charge in [0.25, 0.3) is 12.9 Å². The number of aromatic nitrogens is 1. The van der Waals surface area contributed by atoms with Gasteiger partial charge in [0.15, 0.2) is 5.54 Å². The Kier molecular flexibility index (Phi) is 6.24. The van der Waals surface area contributed by atoms with Crippen LogP contribution in [-0.2, 0) is 10.3 Å². The summed E-state index contributed by atoms with van der Waals surface area (Å²) in [5.41, 5.74) is 7.16. The lowest BCUT2D eigenvalue weighted by Gasteiger charge is -2.33. The Balaban J connectivity index is 1.84. The van der Waals surface area contributed by atoms with Gasteiger partial charge in [-0.25, -0.2) is 31.7 Å². The Morgan fingerprint density at radius 1 is 1.23 bits per heavy atom. The predicted molar refractivity (Wildman–Crippen MR) is 99.8 cm³/mol. The van der Waals surface area contributed by atoms with Crippen LogP contribution in [0.5, 0.6) is 5.88 Å². The van der Waals surface area contributed by atoms with Gasteiger partial charge in [-0.2, -0.15) is 0 Å². The van der Waals surface area contributed by atoms with Gasteiger partial charge in [-0.05, 0) is 24.3 Å². The van der Waals surface area contributed by atoms with Gasteiger partial charge in [-0.15, -0.1) is 0 Å². The molecular weight excluding hydrogens is 429 g/mol. The minimum Gasteiger partial charge on any atom is -0.394 e. The third-order valence-corrected chi connectivity index (χ3v) is 4.30. The van der Waals surface area contributed by atoms with Crippen molar-refractivity contribution < 1.29 is 36.2 Å². The molecule has 0 radical (unpaired) electrons. The standard InChI is InChI=1S/C18H16F5N5O3/c19-11-2-1-9(4-10(11)18(16(22)23)7-30-6-13(25)28-18)27-17(29)31-15-12(24)3-8(5-26-15)14(20)21/h1-5,14,16H,6-7,24H2,(H2,25,28)(H,27,29). The number of nitrogen functional groups attached to an aromatic ring is 1. The van der Waals surface area contributed by atoms with E-state index in [1.165, 1.54) is 0 Å². The van der Waals surface area contributed by atoms with Crippen molar-refractivity contribution in [3.8, 4) is 5.88 Å². The highest BCUT2D eigenvalue weighted by Gasteiger charge is 2.46. The van der Waals surface area contributed by atoms with Crippen molar-refractivity contribution in [3.63, 3.8) is 0 Å². The summed E-state index contributed by atoms with van der Waals surface area (Å²) in [6.07, 6.45) is -6.38. The van der Waals surface area contributed by atoms with E-state index in [-0.39, 0.29) is 23.8 Å². The quantitative estimate of drug-likeness (QED) is 0.607. The van der Waals surface area contributed by atoms with Crippen LogP contribution in [0.3, 0.4) is 0 Å². The molecule has 1 amide bonds. The number of pyridine rings is 1. The number of nitrogens with one attached hydrogen (secondary N) is 1. The van der Waals surface area contributed by atoms with E-state index in [2.05, 4.69) is 15.3 Å². The summed E-state index contributed by atoms with van der Waals surface area (Å²) < 4.78 is 77.2. The summed E-state index contributed by atoms with van der Waals surface area (Å²) in [5, 5.41) is 2.19. The van der Waals surface area contributed by atoms with Crippen LogP contribution in [0.4, 0.5) is 38.1 Å². The van der Waals surface area contributed by atoms with Gasteiger partial charge >= 0.3 is 6.09 Å². The van der Waals surface area contributed by atoms with Crippen LogP contribution in [0.1, 0.15) is 17.6 Å². The van der Waals surface area contributed by atoms with E-state index >= 15 is 0 Å². The second-order valence-corrected chi connectivity index (χ2v) is 6.49. The molecule has 0 aliphatic carbocycles. The average Bonchev–Trinajstić information content (AvgIpc) is 2.70. The largest absolute Gasteiger partial charge is 0.418 e. The molecule has 1 atom stereocenters. The molecule has 31 heavy (non-hydrogen) atoms. The molecule has 0 spiro atoms. The van der Waals surface area contributed by atoms with Crippen LogP contribution in [0.25, 0.3) is 0 Å². The van der Waals surface area contributed by atoms with E-state index < -0.39 is 53.9 Å². The molecule has 8 nitrogen and oxygen atoms in total. The molecule has 5 N–H and O–H groups in total. The third-order valence-electron chi connectivity index (χ3n) is 4.30. The number of rotatable bonds is 5. The maximum atomic E-state index is 14.4. The summed E-state index contributed by atoms with van der Waals surface area (Å²) >= 11 is 0. The first-order chi connectivity index (χ1) is 14.6. The summed E-state index contributed by atoms with van der Waals surface area (Å²) in [5.74, 6) is -1.71. The van der Waals surface area contributed by atoms with Gasteiger partial charge in [0.05, 0.1) is 12.3 Å². The zero-order valence-corrected chi connectivity index (χ0v) is 15.6. The summed E-state index contributed by atoms with van der Waals surface area (Å²) in [4.78, 5) is 19.3. The molecule has 1 aliphatic rings. The summed E-state index contributed by atoms with van der Waals surface area (Å²) in [6.45, 7) is -0.813. The van der Waals surface area contributed by atoms with E-state index in [1.807, 2.05) is 0 Å². The number of nitrogens with two attached hydrogens (primary N) is 2. The Morgan fingerprint density at radius 2 is 1.97 bits per heavy atom. The van der Waals surface area contributed by atoms with Crippen LogP contribution in [-0.4, -0.2) is 36.6 Å².